The molecule has 8 heteroatoms. The van der Waals surface area contributed by atoms with Crippen molar-refractivity contribution < 1.29 is 8.78 Å². The number of nitrogens with one attached hydrogen (secondary N) is 3. The zero-order chi connectivity index (χ0) is 14.3. The second-order valence-corrected chi connectivity index (χ2v) is 4.21. The number of nitrogens with zero attached hydrogens (tertiary/aromatic N) is 1. The molecule has 6 nitrogen and oxygen atoms in total. The molecule has 3 N–H and O–H groups in total. The summed E-state index contributed by atoms with van der Waals surface area (Å²) in [5, 5.41) is 0. The maximum atomic E-state index is 13.5. The molecule has 2 aromatic heterocycles. The largest absolute Gasteiger partial charge is 0.336 e. The van der Waals surface area contributed by atoms with Gasteiger partial charge in [-0.3, -0.25) is 14.8 Å². The quantitative estimate of drug-likeness (QED) is 0.647. The van der Waals surface area contributed by atoms with Crippen molar-refractivity contribution in [2.24, 2.45) is 0 Å². The first-order chi connectivity index (χ1) is 9.54. The van der Waals surface area contributed by atoms with Gasteiger partial charge in [0.2, 0.25) is 0 Å². The summed E-state index contributed by atoms with van der Waals surface area (Å²) < 4.78 is 26.6. The molecule has 102 valence electrons. The Balaban J connectivity index is 2.08. The zero-order valence-electron chi connectivity index (χ0n) is 9.96. The standard InChI is InChI=1S/C12H8F2N4O2/c13-6-3-1-2-5(8(6)14)4-7-15-9-10(16-7)17-12(20)18-11(9)19/h1-3H,4H2,(H3,15,16,17,18,19,20). The van der Waals surface area contributed by atoms with E-state index >= 15 is 0 Å². The van der Waals surface area contributed by atoms with Gasteiger partial charge < -0.3 is 4.98 Å². The predicted octanol–water partition coefficient (Wildman–Crippen LogP) is 0.808. The zero-order valence-corrected chi connectivity index (χ0v) is 9.96. The van der Waals surface area contributed by atoms with Crippen molar-refractivity contribution in [1.29, 1.82) is 0 Å². The third kappa shape index (κ3) is 2.00. The van der Waals surface area contributed by atoms with Crippen molar-refractivity contribution >= 4 is 11.2 Å². The van der Waals surface area contributed by atoms with Gasteiger partial charge in [0, 0.05) is 6.42 Å². The van der Waals surface area contributed by atoms with Gasteiger partial charge in [0.1, 0.15) is 11.3 Å². The fourth-order valence-corrected chi connectivity index (χ4v) is 1.93. The van der Waals surface area contributed by atoms with Gasteiger partial charge in [0.25, 0.3) is 5.56 Å². The predicted molar refractivity (Wildman–Crippen MR) is 66.5 cm³/mol. The van der Waals surface area contributed by atoms with Crippen LogP contribution in [0.1, 0.15) is 11.4 Å². The van der Waals surface area contributed by atoms with E-state index in [0.717, 1.165) is 6.07 Å². The van der Waals surface area contributed by atoms with E-state index in [-0.39, 0.29) is 29.0 Å². The molecular weight excluding hydrogens is 270 g/mol. The highest BCUT2D eigenvalue weighted by atomic mass is 19.2. The van der Waals surface area contributed by atoms with Gasteiger partial charge in [-0.25, -0.2) is 18.6 Å². The molecule has 3 rings (SSSR count). The molecule has 0 fully saturated rings. The summed E-state index contributed by atoms with van der Waals surface area (Å²) in [5.74, 6) is -1.67. The second-order valence-electron chi connectivity index (χ2n) is 4.21. The van der Waals surface area contributed by atoms with Gasteiger partial charge in [-0.05, 0) is 11.6 Å². The topological polar surface area (TPSA) is 94.4 Å². The van der Waals surface area contributed by atoms with Gasteiger partial charge in [-0.1, -0.05) is 12.1 Å². The van der Waals surface area contributed by atoms with Gasteiger partial charge >= 0.3 is 5.69 Å². The molecule has 0 saturated carbocycles. The number of hydrogen-bond donors (Lipinski definition) is 3. The minimum absolute atomic E-state index is 0.0280. The van der Waals surface area contributed by atoms with Crippen molar-refractivity contribution in [3.8, 4) is 0 Å². The lowest BCUT2D eigenvalue weighted by Gasteiger charge is -2.00. The van der Waals surface area contributed by atoms with Crippen molar-refractivity contribution in [2.75, 3.05) is 0 Å². The summed E-state index contributed by atoms with van der Waals surface area (Å²) in [6, 6.07) is 3.81. The number of halogens is 2. The Morgan fingerprint density at radius 2 is 1.90 bits per heavy atom. The highest BCUT2D eigenvalue weighted by Crippen LogP contribution is 2.15. The van der Waals surface area contributed by atoms with Crippen LogP contribution in [0, 0.1) is 11.6 Å². The average molecular weight is 278 g/mol. The first-order valence-electron chi connectivity index (χ1n) is 5.68. The molecule has 0 unspecified atom stereocenters. The summed E-state index contributed by atoms with van der Waals surface area (Å²) in [7, 11) is 0. The number of aromatic nitrogens is 4. The summed E-state index contributed by atoms with van der Waals surface area (Å²) >= 11 is 0. The Morgan fingerprint density at radius 1 is 1.10 bits per heavy atom. The third-order valence-electron chi connectivity index (χ3n) is 2.83. The lowest BCUT2D eigenvalue weighted by atomic mass is 10.1. The van der Waals surface area contributed by atoms with E-state index in [1.54, 1.807) is 0 Å². The molecule has 0 aliphatic carbocycles. The van der Waals surface area contributed by atoms with Crippen LogP contribution in [0.5, 0.6) is 0 Å². The highest BCUT2D eigenvalue weighted by Gasteiger charge is 2.12. The SMILES string of the molecule is O=c1[nH]c(=O)c2[nH]c(Cc3cccc(F)c3F)nc2[nH]1. The van der Waals surface area contributed by atoms with Crippen molar-refractivity contribution in [3.05, 3.63) is 62.1 Å². The summed E-state index contributed by atoms with van der Waals surface area (Å²) in [6.45, 7) is 0. The molecule has 0 atom stereocenters. The van der Waals surface area contributed by atoms with Crippen LogP contribution in [0.3, 0.4) is 0 Å². The van der Waals surface area contributed by atoms with E-state index in [1.807, 2.05) is 4.98 Å². The average Bonchev–Trinajstić information content (AvgIpc) is 2.78. The number of benzene rings is 1. The monoisotopic (exact) mass is 278 g/mol. The highest BCUT2D eigenvalue weighted by molar-refractivity contribution is 5.68. The molecular formula is C12H8F2N4O2. The lowest BCUT2D eigenvalue weighted by molar-refractivity contribution is 0.500. The van der Waals surface area contributed by atoms with E-state index in [1.165, 1.54) is 12.1 Å². The van der Waals surface area contributed by atoms with Gasteiger partial charge in [0.15, 0.2) is 17.3 Å². The Kier molecular flexibility index (Phi) is 2.70. The van der Waals surface area contributed by atoms with Crippen LogP contribution in [0.2, 0.25) is 0 Å². The summed E-state index contributed by atoms with van der Waals surface area (Å²) in [4.78, 5) is 33.6. The maximum Gasteiger partial charge on any atom is 0.327 e. The number of imidazole rings is 1. The Labute approximate surface area is 109 Å². The van der Waals surface area contributed by atoms with Crippen LogP contribution in [-0.4, -0.2) is 19.9 Å². The Hall–Kier alpha value is -2.77. The molecule has 0 spiro atoms. The summed E-state index contributed by atoms with van der Waals surface area (Å²) in [5.41, 5.74) is -1.05. The smallest absolute Gasteiger partial charge is 0.327 e. The van der Waals surface area contributed by atoms with Gasteiger partial charge in [0.05, 0.1) is 0 Å². The van der Waals surface area contributed by atoms with Crippen LogP contribution in [0.15, 0.2) is 27.8 Å². The van der Waals surface area contributed by atoms with Crippen LogP contribution < -0.4 is 11.2 Å². The van der Waals surface area contributed by atoms with E-state index < -0.39 is 22.9 Å². The van der Waals surface area contributed by atoms with Crippen molar-refractivity contribution in [3.63, 3.8) is 0 Å². The molecule has 0 bridgehead atoms. The second kappa shape index (κ2) is 4.41. The number of H-pyrrole nitrogens is 3. The maximum absolute atomic E-state index is 13.5. The fraction of sp³-hybridized carbons (Fsp3) is 0.0833. The molecule has 1 aromatic carbocycles. The van der Waals surface area contributed by atoms with Crippen molar-refractivity contribution in [2.45, 2.75) is 6.42 Å². The third-order valence-corrected chi connectivity index (χ3v) is 2.83. The number of fused-ring (bicyclic) bond motifs is 1. The normalized spacial score (nSPS) is 11.1. The van der Waals surface area contributed by atoms with E-state index in [0.29, 0.717) is 0 Å². The molecule has 0 aliphatic heterocycles. The van der Waals surface area contributed by atoms with Gasteiger partial charge in [-0.15, -0.1) is 0 Å². The molecule has 0 saturated heterocycles. The van der Waals surface area contributed by atoms with Crippen LogP contribution in [0.25, 0.3) is 11.2 Å². The molecule has 0 amide bonds. The van der Waals surface area contributed by atoms with Crippen LogP contribution in [0.4, 0.5) is 8.78 Å². The van der Waals surface area contributed by atoms with E-state index in [2.05, 4.69) is 15.0 Å². The Bertz CT molecular complexity index is 910. The van der Waals surface area contributed by atoms with E-state index in [9.17, 15) is 18.4 Å². The minimum atomic E-state index is -0.963. The molecule has 0 radical (unpaired) electrons. The Morgan fingerprint density at radius 3 is 2.70 bits per heavy atom. The fourth-order valence-electron chi connectivity index (χ4n) is 1.93. The molecule has 20 heavy (non-hydrogen) atoms. The first-order valence-corrected chi connectivity index (χ1v) is 5.68. The van der Waals surface area contributed by atoms with Crippen LogP contribution >= 0.6 is 0 Å². The summed E-state index contributed by atoms with van der Waals surface area (Å²) in [6.07, 6.45) is -0.0280. The molecule has 0 aliphatic rings. The number of aromatic amines is 3. The molecule has 2 heterocycles. The number of rotatable bonds is 2. The number of hydrogen-bond acceptors (Lipinski definition) is 3. The minimum Gasteiger partial charge on any atom is -0.336 e. The van der Waals surface area contributed by atoms with Gasteiger partial charge in [-0.2, -0.15) is 0 Å². The van der Waals surface area contributed by atoms with Crippen molar-refractivity contribution in [1.82, 2.24) is 19.9 Å². The van der Waals surface area contributed by atoms with E-state index in [4.69, 9.17) is 0 Å². The first kappa shape index (κ1) is 12.3. The lowest BCUT2D eigenvalue weighted by Crippen LogP contribution is -2.21. The van der Waals surface area contributed by atoms with Crippen LogP contribution in [-0.2, 0) is 6.42 Å². The molecule has 3 aromatic rings.